The van der Waals surface area contributed by atoms with Gasteiger partial charge in [0.15, 0.2) is 11.5 Å². The quantitative estimate of drug-likeness (QED) is 0.595. The number of anilines is 1. The van der Waals surface area contributed by atoms with E-state index in [4.69, 9.17) is 14.2 Å². The van der Waals surface area contributed by atoms with Gasteiger partial charge in [0, 0.05) is 37.5 Å². The van der Waals surface area contributed by atoms with Crippen LogP contribution < -0.4 is 19.1 Å². The second-order valence-corrected chi connectivity index (χ2v) is 7.91. The second kappa shape index (κ2) is 8.73. The zero-order chi connectivity index (χ0) is 22.0. The van der Waals surface area contributed by atoms with Gasteiger partial charge in [0.2, 0.25) is 5.75 Å². The van der Waals surface area contributed by atoms with E-state index < -0.39 is 0 Å². The molecule has 1 saturated heterocycles. The minimum absolute atomic E-state index is 0.0450. The zero-order valence-corrected chi connectivity index (χ0v) is 18.4. The van der Waals surface area contributed by atoms with E-state index in [0.717, 1.165) is 48.1 Å². The number of fused-ring (bicyclic) bond motifs is 1. The van der Waals surface area contributed by atoms with Gasteiger partial charge < -0.3 is 19.1 Å². The Balaban J connectivity index is 1.59. The first-order valence-corrected chi connectivity index (χ1v) is 10.5. The number of methoxy groups -OCH3 is 2. The summed E-state index contributed by atoms with van der Waals surface area (Å²) in [7, 11) is 3.26. The molecular weight excluding hydrogens is 390 g/mol. The van der Waals surface area contributed by atoms with Gasteiger partial charge in [0.05, 0.1) is 31.0 Å². The van der Waals surface area contributed by atoms with Crippen LogP contribution in [0.15, 0.2) is 36.5 Å². The molecule has 0 radical (unpaired) electrons. The lowest BCUT2D eigenvalue weighted by atomic mass is 10.00. The van der Waals surface area contributed by atoms with E-state index in [1.54, 1.807) is 20.4 Å². The Morgan fingerprint density at radius 3 is 2.35 bits per heavy atom. The average Bonchev–Trinajstić information content (AvgIpc) is 2.79. The molecule has 0 spiro atoms. The van der Waals surface area contributed by atoms with Crippen molar-refractivity contribution in [2.75, 3.05) is 32.2 Å². The number of rotatable bonds is 5. The number of ether oxygens (including phenoxy) is 3. The minimum Gasteiger partial charge on any atom is -0.493 e. The number of nitriles is 1. The van der Waals surface area contributed by atoms with Crippen LogP contribution in [-0.4, -0.2) is 38.4 Å². The maximum absolute atomic E-state index is 9.74. The molecule has 1 fully saturated rings. The van der Waals surface area contributed by atoms with Gasteiger partial charge in [-0.3, -0.25) is 4.98 Å². The topological polar surface area (TPSA) is 67.6 Å². The van der Waals surface area contributed by atoms with Crippen molar-refractivity contribution >= 4 is 16.6 Å². The summed E-state index contributed by atoms with van der Waals surface area (Å²) in [5.41, 5.74) is 4.85. The average molecular weight is 418 g/mol. The normalized spacial score (nSPS) is 14.4. The summed E-state index contributed by atoms with van der Waals surface area (Å²) < 4.78 is 17.2. The molecule has 1 aliphatic heterocycles. The van der Waals surface area contributed by atoms with Crippen molar-refractivity contribution < 1.29 is 14.2 Å². The number of nitrogens with zero attached hydrogens (tertiary/aromatic N) is 3. The van der Waals surface area contributed by atoms with Gasteiger partial charge in [0.1, 0.15) is 12.2 Å². The summed E-state index contributed by atoms with van der Waals surface area (Å²) >= 11 is 0. The molecule has 4 rings (SSSR count). The molecule has 0 amide bonds. The first-order valence-electron chi connectivity index (χ1n) is 10.5. The summed E-state index contributed by atoms with van der Waals surface area (Å²) in [5.74, 6) is 1.98. The number of aromatic nitrogens is 1. The van der Waals surface area contributed by atoms with Crippen LogP contribution in [0.25, 0.3) is 10.9 Å². The van der Waals surface area contributed by atoms with Gasteiger partial charge in [-0.2, -0.15) is 5.26 Å². The molecule has 0 unspecified atom stereocenters. The predicted molar refractivity (Wildman–Crippen MR) is 121 cm³/mol. The fourth-order valence-electron chi connectivity index (χ4n) is 4.37. The van der Waals surface area contributed by atoms with Crippen LogP contribution >= 0.6 is 0 Å². The van der Waals surface area contributed by atoms with Gasteiger partial charge in [-0.25, -0.2) is 0 Å². The van der Waals surface area contributed by atoms with Crippen LogP contribution in [0, 0.1) is 25.2 Å². The first-order chi connectivity index (χ1) is 15.0. The Bertz CT molecular complexity index is 1120. The molecule has 0 atom stereocenters. The summed E-state index contributed by atoms with van der Waals surface area (Å²) in [6.07, 6.45) is 3.41. The van der Waals surface area contributed by atoms with Crippen molar-refractivity contribution in [3.05, 3.63) is 53.2 Å². The Kier molecular flexibility index (Phi) is 5.85. The highest BCUT2D eigenvalue weighted by atomic mass is 16.5. The number of aryl methyl sites for hydroxylation is 2. The largest absolute Gasteiger partial charge is 0.493 e. The Morgan fingerprint density at radius 2 is 1.74 bits per heavy atom. The molecule has 3 aromatic rings. The van der Waals surface area contributed by atoms with Crippen LogP contribution in [0.3, 0.4) is 0 Å². The van der Waals surface area contributed by atoms with Crippen molar-refractivity contribution in [1.29, 1.82) is 5.26 Å². The SMILES string of the molecule is COc1cccc(OC)c1OC1CCN(c2c(C#N)cnc3c(C)cc(C)cc23)CC1. The third-order valence-corrected chi connectivity index (χ3v) is 5.82. The third-order valence-electron chi connectivity index (χ3n) is 5.82. The summed E-state index contributed by atoms with van der Waals surface area (Å²) in [4.78, 5) is 6.85. The van der Waals surface area contributed by atoms with Crippen molar-refractivity contribution in [1.82, 2.24) is 4.98 Å². The summed E-state index contributed by atoms with van der Waals surface area (Å²) in [6, 6.07) is 12.2. The van der Waals surface area contributed by atoms with Gasteiger partial charge in [0.25, 0.3) is 0 Å². The van der Waals surface area contributed by atoms with E-state index in [-0.39, 0.29) is 6.10 Å². The van der Waals surface area contributed by atoms with Crippen molar-refractivity contribution in [2.45, 2.75) is 32.8 Å². The first kappa shape index (κ1) is 20.8. The fraction of sp³-hybridized carbons (Fsp3) is 0.360. The molecule has 6 heteroatoms. The maximum Gasteiger partial charge on any atom is 0.203 e. The van der Waals surface area contributed by atoms with Crippen molar-refractivity contribution in [2.24, 2.45) is 0 Å². The van der Waals surface area contributed by atoms with Gasteiger partial charge in [-0.15, -0.1) is 0 Å². The highest BCUT2D eigenvalue weighted by Gasteiger charge is 2.26. The van der Waals surface area contributed by atoms with Crippen LogP contribution in [0.5, 0.6) is 17.2 Å². The standard InChI is InChI=1S/C25H27N3O3/c1-16-12-17(2)23-20(13-16)24(18(14-26)15-27-23)28-10-8-19(9-11-28)31-25-21(29-3)6-5-7-22(25)30-4/h5-7,12-13,15,19H,8-11H2,1-4H3. The fourth-order valence-corrected chi connectivity index (χ4v) is 4.37. The lowest BCUT2D eigenvalue weighted by Gasteiger charge is -2.35. The molecule has 0 N–H and O–H groups in total. The van der Waals surface area contributed by atoms with Gasteiger partial charge in [-0.05, 0) is 37.6 Å². The second-order valence-electron chi connectivity index (χ2n) is 7.91. The van der Waals surface area contributed by atoms with Crippen LogP contribution in [0.2, 0.25) is 0 Å². The van der Waals surface area contributed by atoms with Gasteiger partial charge in [-0.1, -0.05) is 17.7 Å². The number of piperidine rings is 1. The van der Waals surface area contributed by atoms with Crippen molar-refractivity contribution in [3.63, 3.8) is 0 Å². The molecule has 160 valence electrons. The monoisotopic (exact) mass is 417 g/mol. The molecule has 1 aromatic heterocycles. The number of para-hydroxylation sites is 1. The van der Waals surface area contributed by atoms with E-state index in [9.17, 15) is 5.26 Å². The van der Waals surface area contributed by atoms with Crippen LogP contribution in [-0.2, 0) is 0 Å². The summed E-state index contributed by atoms with van der Waals surface area (Å²) in [6.45, 7) is 5.74. The lowest BCUT2D eigenvalue weighted by Crippen LogP contribution is -2.38. The molecule has 2 aromatic carbocycles. The van der Waals surface area contributed by atoms with Crippen molar-refractivity contribution in [3.8, 4) is 23.3 Å². The van der Waals surface area contributed by atoms with E-state index in [1.807, 2.05) is 18.2 Å². The minimum atomic E-state index is 0.0450. The highest BCUT2D eigenvalue weighted by molar-refractivity contribution is 5.96. The number of pyridine rings is 1. The molecule has 0 bridgehead atoms. The molecule has 6 nitrogen and oxygen atoms in total. The van der Waals surface area contributed by atoms with E-state index in [2.05, 4.69) is 41.9 Å². The number of benzene rings is 2. The Hall–Kier alpha value is -3.46. The van der Waals surface area contributed by atoms with E-state index in [0.29, 0.717) is 22.8 Å². The lowest BCUT2D eigenvalue weighted by molar-refractivity contribution is 0.158. The maximum atomic E-state index is 9.74. The molecular formula is C25H27N3O3. The van der Waals surface area contributed by atoms with E-state index >= 15 is 0 Å². The number of hydrogen-bond acceptors (Lipinski definition) is 6. The molecule has 31 heavy (non-hydrogen) atoms. The molecule has 1 aliphatic rings. The molecule has 0 saturated carbocycles. The van der Waals surface area contributed by atoms with E-state index in [1.165, 1.54) is 5.56 Å². The molecule has 2 heterocycles. The van der Waals surface area contributed by atoms with Gasteiger partial charge >= 0.3 is 0 Å². The Morgan fingerprint density at radius 1 is 1.06 bits per heavy atom. The Labute approximate surface area is 183 Å². The third kappa shape index (κ3) is 3.96. The molecule has 0 aliphatic carbocycles. The van der Waals surface area contributed by atoms with Crippen LogP contribution in [0.1, 0.15) is 29.5 Å². The van der Waals surface area contributed by atoms with Crippen LogP contribution in [0.4, 0.5) is 5.69 Å². The highest BCUT2D eigenvalue weighted by Crippen LogP contribution is 2.39. The number of hydrogen-bond donors (Lipinski definition) is 0. The predicted octanol–water partition coefficient (Wildman–Crippen LogP) is 4.79. The zero-order valence-electron chi connectivity index (χ0n) is 18.4. The smallest absolute Gasteiger partial charge is 0.203 e. The summed E-state index contributed by atoms with van der Waals surface area (Å²) in [5, 5.41) is 10.8.